The first kappa shape index (κ1) is 23.7. The molecule has 2 rings (SSSR count). The van der Waals surface area contributed by atoms with Gasteiger partial charge in [0.15, 0.2) is 0 Å². The molecule has 0 fully saturated rings. The zero-order valence-corrected chi connectivity index (χ0v) is 16.1. The van der Waals surface area contributed by atoms with Crippen molar-refractivity contribution in [2.75, 3.05) is 0 Å². The van der Waals surface area contributed by atoms with Crippen molar-refractivity contribution in [2.24, 2.45) is 0 Å². The Morgan fingerprint density at radius 2 is 1.09 bits per heavy atom. The number of benzene rings is 2. The molecule has 2 amide bonds. The molecule has 0 unspecified atom stereocenters. The fourth-order valence-corrected chi connectivity index (χ4v) is 1.18. The van der Waals surface area contributed by atoms with Crippen LogP contribution in [0.1, 0.15) is 40.5 Å². The minimum absolute atomic E-state index is 0. The number of hydrogen-bond acceptors (Lipinski definition) is 2. The third-order valence-electron chi connectivity index (χ3n) is 2.43. The van der Waals surface area contributed by atoms with E-state index in [0.717, 1.165) is 6.42 Å². The van der Waals surface area contributed by atoms with Crippen LogP contribution >= 0.6 is 0 Å². The summed E-state index contributed by atoms with van der Waals surface area (Å²) in [6.07, 6.45) is 2.28. The Kier molecular flexibility index (Phi) is 15.9. The van der Waals surface area contributed by atoms with Gasteiger partial charge in [-0.25, -0.2) is 0 Å². The summed E-state index contributed by atoms with van der Waals surface area (Å²) in [5, 5.41) is 0. The first-order valence-electron chi connectivity index (χ1n) is 6.94. The molecule has 0 aliphatic rings. The van der Waals surface area contributed by atoms with Gasteiger partial charge in [-0.15, -0.1) is 0 Å². The van der Waals surface area contributed by atoms with Gasteiger partial charge in [0.2, 0.25) is 0 Å². The molecule has 0 saturated heterocycles. The summed E-state index contributed by atoms with van der Waals surface area (Å²) in [5.41, 5.74) is 14.2. The quantitative estimate of drug-likeness (QED) is 0.664. The van der Waals surface area contributed by atoms with Crippen LogP contribution in [0.3, 0.4) is 0 Å². The third-order valence-corrected chi connectivity index (χ3v) is 2.43. The fourth-order valence-electron chi connectivity index (χ4n) is 1.18. The number of unbranched alkanes of at least 4 members (excludes halogenated alkanes) is 1. The SMILES string of the molecule is [CH2-]CCC.[NH-]C(=O)c1ccccc1.[NH-]C(=O)c1ccccc1.[Y+3]. The van der Waals surface area contributed by atoms with Crippen LogP contribution in [-0.2, 0) is 32.7 Å². The van der Waals surface area contributed by atoms with Crippen LogP contribution < -0.4 is 0 Å². The zero-order valence-electron chi connectivity index (χ0n) is 13.3. The summed E-state index contributed by atoms with van der Waals surface area (Å²) in [7, 11) is 0. The maximum atomic E-state index is 10.3. The van der Waals surface area contributed by atoms with Crippen LogP contribution in [0.2, 0.25) is 0 Å². The molecule has 0 aliphatic heterocycles. The first-order valence-corrected chi connectivity index (χ1v) is 6.94. The van der Waals surface area contributed by atoms with E-state index in [9.17, 15) is 9.59 Å². The van der Waals surface area contributed by atoms with Gasteiger partial charge in [-0.05, 0) is 11.1 Å². The van der Waals surface area contributed by atoms with Crippen molar-refractivity contribution in [3.05, 3.63) is 90.2 Å². The van der Waals surface area contributed by atoms with Gasteiger partial charge in [0.05, 0.1) is 11.8 Å². The Labute approximate surface area is 163 Å². The second-order valence-corrected chi connectivity index (χ2v) is 4.24. The van der Waals surface area contributed by atoms with Crippen LogP contribution in [0.15, 0.2) is 60.7 Å². The molecule has 0 aromatic heterocycles. The molecular weight excluding hydrogens is 365 g/mol. The zero-order chi connectivity index (χ0) is 16.8. The van der Waals surface area contributed by atoms with Gasteiger partial charge in [0, 0.05) is 0 Å². The molecule has 2 aromatic carbocycles. The second kappa shape index (κ2) is 15.4. The Morgan fingerprint density at radius 3 is 1.22 bits per heavy atom. The van der Waals surface area contributed by atoms with Crippen LogP contribution in [0.25, 0.3) is 11.5 Å². The molecule has 0 heterocycles. The van der Waals surface area contributed by atoms with Crippen molar-refractivity contribution in [1.29, 1.82) is 0 Å². The number of carbonyl (C=O) groups is 2. The minimum atomic E-state index is -0.629. The van der Waals surface area contributed by atoms with Gasteiger partial charge < -0.3 is 28.0 Å². The molecule has 0 bridgehead atoms. The average Bonchev–Trinajstić information content (AvgIpc) is 2.57. The third kappa shape index (κ3) is 12.7. The average molecular weight is 386 g/mol. The van der Waals surface area contributed by atoms with Crippen molar-refractivity contribution < 1.29 is 42.3 Å². The molecule has 5 heteroatoms. The van der Waals surface area contributed by atoms with Crippen molar-refractivity contribution >= 4 is 11.8 Å². The second-order valence-electron chi connectivity index (χ2n) is 4.24. The maximum Gasteiger partial charge on any atom is 3.00 e. The first-order chi connectivity index (χ1) is 10.5. The number of nitrogens with one attached hydrogen (secondary N) is 2. The molecule has 0 saturated carbocycles. The number of amides is 2. The van der Waals surface area contributed by atoms with Gasteiger partial charge in [-0.1, -0.05) is 74.0 Å². The van der Waals surface area contributed by atoms with E-state index >= 15 is 0 Å². The summed E-state index contributed by atoms with van der Waals surface area (Å²) >= 11 is 0. The van der Waals surface area contributed by atoms with E-state index in [0.29, 0.717) is 11.1 Å². The van der Waals surface area contributed by atoms with Crippen LogP contribution in [0.4, 0.5) is 0 Å². The minimum Gasteiger partial charge on any atom is -0.664 e. The van der Waals surface area contributed by atoms with Gasteiger partial charge in [-0.2, -0.15) is 6.42 Å². The molecule has 4 nitrogen and oxygen atoms in total. The van der Waals surface area contributed by atoms with Crippen molar-refractivity contribution in [2.45, 2.75) is 19.8 Å². The topological polar surface area (TPSA) is 81.7 Å². The predicted molar refractivity (Wildman–Crippen MR) is 90.5 cm³/mol. The van der Waals surface area contributed by atoms with E-state index in [1.54, 1.807) is 48.5 Å². The number of rotatable bonds is 3. The van der Waals surface area contributed by atoms with E-state index in [4.69, 9.17) is 11.5 Å². The molecule has 23 heavy (non-hydrogen) atoms. The Hall–Kier alpha value is -1.52. The molecule has 118 valence electrons. The largest absolute Gasteiger partial charge is 3.00 e. The maximum absolute atomic E-state index is 10.3. The summed E-state index contributed by atoms with van der Waals surface area (Å²) < 4.78 is 0. The standard InChI is InChI=1S/2C7H7NO.C4H9.Y/c2*8-7(9)6-4-2-1-3-5-6;1-3-4-2;/h2*1-5H,(H2,8,9);1,3-4H2,2H3;/q;;-1;+3/p-2. The monoisotopic (exact) mass is 386 g/mol. The molecule has 2 aromatic rings. The molecule has 0 spiro atoms. The molecule has 2 N–H and O–H groups in total. The number of carbonyl (C=O) groups excluding carboxylic acids is 2. The van der Waals surface area contributed by atoms with E-state index in [1.807, 2.05) is 12.1 Å². The van der Waals surface area contributed by atoms with Gasteiger partial charge in [0.1, 0.15) is 0 Å². The van der Waals surface area contributed by atoms with E-state index in [-0.39, 0.29) is 32.7 Å². The molecular formula is C18H21N2O2Y. The van der Waals surface area contributed by atoms with Crippen molar-refractivity contribution in [3.63, 3.8) is 0 Å². The fraction of sp³-hybridized carbons (Fsp3) is 0.167. The molecule has 0 radical (unpaired) electrons. The van der Waals surface area contributed by atoms with Crippen LogP contribution in [0.5, 0.6) is 0 Å². The summed E-state index contributed by atoms with van der Waals surface area (Å²) in [5.74, 6) is -1.26. The molecule has 0 atom stereocenters. The molecule has 0 aliphatic carbocycles. The predicted octanol–water partition coefficient (Wildman–Crippen LogP) is 5.38. The smallest absolute Gasteiger partial charge is 0.664 e. The van der Waals surface area contributed by atoms with Crippen LogP contribution in [-0.4, -0.2) is 11.8 Å². The van der Waals surface area contributed by atoms with E-state index in [1.165, 1.54) is 6.42 Å². The summed E-state index contributed by atoms with van der Waals surface area (Å²) in [6, 6.07) is 17.1. The van der Waals surface area contributed by atoms with Crippen LogP contribution in [0, 0.1) is 6.92 Å². The Morgan fingerprint density at radius 1 is 0.826 bits per heavy atom. The van der Waals surface area contributed by atoms with E-state index < -0.39 is 11.8 Å². The van der Waals surface area contributed by atoms with E-state index in [2.05, 4.69) is 13.8 Å². The van der Waals surface area contributed by atoms with Gasteiger partial charge >= 0.3 is 32.7 Å². The van der Waals surface area contributed by atoms with Crippen molar-refractivity contribution in [3.8, 4) is 0 Å². The van der Waals surface area contributed by atoms with Gasteiger partial charge in [-0.3, -0.25) is 0 Å². The normalized spacial score (nSPS) is 8.26. The van der Waals surface area contributed by atoms with Gasteiger partial charge in [0.25, 0.3) is 0 Å². The summed E-state index contributed by atoms with van der Waals surface area (Å²) in [4.78, 5) is 20.6. The number of hydrogen-bond donors (Lipinski definition) is 0. The Bertz CT molecular complexity index is 494. The Balaban J connectivity index is 0. The van der Waals surface area contributed by atoms with Crippen molar-refractivity contribution in [1.82, 2.24) is 0 Å². The summed E-state index contributed by atoms with van der Waals surface area (Å²) in [6.45, 7) is 5.72.